The van der Waals surface area contributed by atoms with E-state index in [1.54, 1.807) is 13.8 Å². The Labute approximate surface area is 75.2 Å². The van der Waals surface area contributed by atoms with Gasteiger partial charge in [-0.25, -0.2) is 8.78 Å². The predicted octanol–water partition coefficient (Wildman–Crippen LogP) is 3.74. The Morgan fingerprint density at radius 1 is 1.25 bits per heavy atom. The van der Waals surface area contributed by atoms with E-state index in [0.717, 1.165) is 6.07 Å². The fourth-order valence-corrected chi connectivity index (χ4v) is 1.21. The first kappa shape index (κ1) is 9.46. The van der Waals surface area contributed by atoms with Gasteiger partial charge >= 0.3 is 0 Å². The molecule has 3 heteroatoms. The lowest BCUT2D eigenvalue weighted by Crippen LogP contribution is -1.96. The smallest absolute Gasteiger partial charge is 0.162 e. The second-order valence-electron chi connectivity index (χ2n) is 2.95. The molecule has 0 N–H and O–H groups in total. The molecule has 0 aliphatic rings. The van der Waals surface area contributed by atoms with Crippen molar-refractivity contribution in [2.75, 3.05) is 0 Å². The Morgan fingerprint density at radius 2 is 1.83 bits per heavy atom. The average molecular weight is 191 g/mol. The van der Waals surface area contributed by atoms with Crippen LogP contribution in [-0.2, 0) is 0 Å². The first-order valence-electron chi connectivity index (χ1n) is 3.67. The summed E-state index contributed by atoms with van der Waals surface area (Å²) in [5.74, 6) is -1.74. The van der Waals surface area contributed by atoms with Gasteiger partial charge in [-0.15, -0.1) is 0 Å². The van der Waals surface area contributed by atoms with E-state index in [1.807, 2.05) is 0 Å². The van der Waals surface area contributed by atoms with Crippen LogP contribution in [0.25, 0.3) is 0 Å². The van der Waals surface area contributed by atoms with Crippen molar-refractivity contribution in [3.8, 4) is 0 Å². The van der Waals surface area contributed by atoms with Crippen LogP contribution in [0.1, 0.15) is 25.3 Å². The maximum Gasteiger partial charge on any atom is 0.162 e. The number of rotatable bonds is 1. The molecule has 0 fully saturated rings. The van der Waals surface area contributed by atoms with Crippen molar-refractivity contribution in [1.82, 2.24) is 0 Å². The van der Waals surface area contributed by atoms with E-state index in [1.165, 1.54) is 6.07 Å². The SMILES string of the molecule is CC(C)c1cc(Cl)cc(F)c1F. The Kier molecular flexibility index (Phi) is 2.68. The van der Waals surface area contributed by atoms with Crippen LogP contribution in [0.5, 0.6) is 0 Å². The van der Waals surface area contributed by atoms with Gasteiger partial charge in [-0.1, -0.05) is 25.4 Å². The highest BCUT2D eigenvalue weighted by Crippen LogP contribution is 2.24. The van der Waals surface area contributed by atoms with Crippen LogP contribution >= 0.6 is 11.6 Å². The third-order valence-corrected chi connectivity index (χ3v) is 1.86. The Morgan fingerprint density at radius 3 is 2.33 bits per heavy atom. The molecule has 1 aromatic carbocycles. The van der Waals surface area contributed by atoms with Gasteiger partial charge in [0.2, 0.25) is 0 Å². The quantitative estimate of drug-likeness (QED) is 0.592. The van der Waals surface area contributed by atoms with Crippen LogP contribution in [-0.4, -0.2) is 0 Å². The number of hydrogen-bond acceptors (Lipinski definition) is 0. The highest BCUT2D eigenvalue weighted by Gasteiger charge is 2.12. The molecule has 0 saturated heterocycles. The van der Waals surface area contributed by atoms with Gasteiger partial charge in [0.25, 0.3) is 0 Å². The van der Waals surface area contributed by atoms with Crippen LogP contribution in [0.3, 0.4) is 0 Å². The average Bonchev–Trinajstić information content (AvgIpc) is 1.96. The number of halogens is 3. The molecule has 0 spiro atoms. The standard InChI is InChI=1S/C9H9ClF2/c1-5(2)7-3-6(10)4-8(11)9(7)12/h3-5H,1-2H3. The number of hydrogen-bond donors (Lipinski definition) is 0. The normalized spacial score (nSPS) is 10.8. The van der Waals surface area contributed by atoms with Crippen molar-refractivity contribution in [2.24, 2.45) is 0 Å². The minimum Gasteiger partial charge on any atom is -0.204 e. The van der Waals surface area contributed by atoms with Gasteiger partial charge in [0, 0.05) is 5.02 Å². The molecule has 0 aromatic heterocycles. The molecule has 0 heterocycles. The zero-order valence-corrected chi connectivity index (χ0v) is 7.62. The second-order valence-corrected chi connectivity index (χ2v) is 3.38. The largest absolute Gasteiger partial charge is 0.204 e. The highest BCUT2D eigenvalue weighted by molar-refractivity contribution is 6.30. The van der Waals surface area contributed by atoms with Crippen molar-refractivity contribution in [3.05, 3.63) is 34.4 Å². The summed E-state index contributed by atoms with van der Waals surface area (Å²) < 4.78 is 25.7. The molecule has 0 radical (unpaired) electrons. The molecule has 0 bridgehead atoms. The van der Waals surface area contributed by atoms with Gasteiger partial charge in [0.1, 0.15) is 0 Å². The number of benzene rings is 1. The van der Waals surface area contributed by atoms with E-state index in [-0.39, 0.29) is 10.9 Å². The van der Waals surface area contributed by atoms with Gasteiger partial charge in [0.15, 0.2) is 11.6 Å². The zero-order valence-electron chi connectivity index (χ0n) is 6.87. The fourth-order valence-electron chi connectivity index (χ4n) is 0.996. The van der Waals surface area contributed by atoms with Gasteiger partial charge in [-0.2, -0.15) is 0 Å². The van der Waals surface area contributed by atoms with Crippen LogP contribution in [0.15, 0.2) is 12.1 Å². The predicted molar refractivity (Wildman–Crippen MR) is 45.5 cm³/mol. The summed E-state index contributed by atoms with van der Waals surface area (Å²) in [6.07, 6.45) is 0. The summed E-state index contributed by atoms with van der Waals surface area (Å²) >= 11 is 5.56. The molecular formula is C9H9ClF2. The van der Waals surface area contributed by atoms with Crippen LogP contribution in [0.2, 0.25) is 5.02 Å². The van der Waals surface area contributed by atoms with Crippen molar-refractivity contribution >= 4 is 11.6 Å². The molecule has 0 saturated carbocycles. The summed E-state index contributed by atoms with van der Waals surface area (Å²) in [6.45, 7) is 3.57. The summed E-state index contributed by atoms with van der Waals surface area (Å²) in [6, 6.07) is 2.42. The lowest BCUT2D eigenvalue weighted by atomic mass is 10.0. The van der Waals surface area contributed by atoms with E-state index in [9.17, 15) is 8.78 Å². The first-order valence-corrected chi connectivity index (χ1v) is 4.04. The topological polar surface area (TPSA) is 0 Å². The molecular weight excluding hydrogens is 182 g/mol. The maximum atomic E-state index is 13.0. The van der Waals surface area contributed by atoms with Gasteiger partial charge in [0.05, 0.1) is 0 Å². The highest BCUT2D eigenvalue weighted by atomic mass is 35.5. The van der Waals surface area contributed by atoms with E-state index in [0.29, 0.717) is 5.56 Å². The molecule has 0 aliphatic carbocycles. The van der Waals surface area contributed by atoms with Crippen molar-refractivity contribution in [2.45, 2.75) is 19.8 Å². The molecule has 1 aromatic rings. The maximum absolute atomic E-state index is 13.0. The summed E-state index contributed by atoms with van der Waals surface area (Å²) in [5.41, 5.74) is 0.319. The van der Waals surface area contributed by atoms with E-state index < -0.39 is 11.6 Å². The Hall–Kier alpha value is -0.630. The first-order chi connectivity index (χ1) is 5.52. The monoisotopic (exact) mass is 190 g/mol. The van der Waals surface area contributed by atoms with Crippen molar-refractivity contribution < 1.29 is 8.78 Å². The van der Waals surface area contributed by atoms with E-state index >= 15 is 0 Å². The minimum atomic E-state index is -0.883. The van der Waals surface area contributed by atoms with Gasteiger partial charge in [-0.3, -0.25) is 0 Å². The fraction of sp³-hybridized carbons (Fsp3) is 0.333. The molecule has 0 amide bonds. The Balaban J connectivity index is 3.28. The lowest BCUT2D eigenvalue weighted by molar-refractivity contribution is 0.494. The summed E-state index contributed by atoms with van der Waals surface area (Å²) in [4.78, 5) is 0. The summed E-state index contributed by atoms with van der Waals surface area (Å²) in [7, 11) is 0. The lowest BCUT2D eigenvalue weighted by Gasteiger charge is -2.07. The molecule has 1 rings (SSSR count). The molecule has 0 unspecified atom stereocenters. The third kappa shape index (κ3) is 1.75. The summed E-state index contributed by atoms with van der Waals surface area (Å²) in [5, 5.41) is 0.234. The van der Waals surface area contributed by atoms with Gasteiger partial charge < -0.3 is 0 Å². The zero-order chi connectivity index (χ0) is 9.30. The van der Waals surface area contributed by atoms with Crippen LogP contribution in [0, 0.1) is 11.6 Å². The molecule has 12 heavy (non-hydrogen) atoms. The molecule has 66 valence electrons. The molecule has 0 aliphatic heterocycles. The minimum absolute atomic E-state index is 0.0572. The Bertz CT molecular complexity index is 295. The van der Waals surface area contributed by atoms with Gasteiger partial charge in [-0.05, 0) is 23.6 Å². The van der Waals surface area contributed by atoms with Crippen molar-refractivity contribution in [1.29, 1.82) is 0 Å². The van der Waals surface area contributed by atoms with E-state index in [4.69, 9.17) is 11.6 Å². The third-order valence-electron chi connectivity index (χ3n) is 1.64. The van der Waals surface area contributed by atoms with E-state index in [2.05, 4.69) is 0 Å². The van der Waals surface area contributed by atoms with Crippen molar-refractivity contribution in [3.63, 3.8) is 0 Å². The molecule has 0 nitrogen and oxygen atoms in total. The van der Waals surface area contributed by atoms with Crippen LogP contribution in [0.4, 0.5) is 8.78 Å². The van der Waals surface area contributed by atoms with Crippen LogP contribution < -0.4 is 0 Å². The second kappa shape index (κ2) is 3.40. The molecule has 0 atom stereocenters.